The Kier molecular flexibility index (Phi) is 6.10. The van der Waals surface area contributed by atoms with Crippen LogP contribution in [0.5, 0.6) is 0 Å². The van der Waals surface area contributed by atoms with Crippen LogP contribution in [0.4, 0.5) is 0 Å². The molecule has 0 amide bonds. The first-order valence-electron chi connectivity index (χ1n) is 10.3. The van der Waals surface area contributed by atoms with E-state index in [2.05, 4.69) is 154 Å². The van der Waals surface area contributed by atoms with Gasteiger partial charge in [0.15, 0.2) is 0 Å². The summed E-state index contributed by atoms with van der Waals surface area (Å²) in [6, 6.07) is 39.7. The van der Waals surface area contributed by atoms with Gasteiger partial charge in [-0.3, -0.25) is 0 Å². The zero-order valence-electron chi connectivity index (χ0n) is 16.9. The highest BCUT2D eigenvalue weighted by atomic mass is 127. The average Bonchev–Trinajstić information content (AvgIpc) is 2.81. The lowest BCUT2D eigenvalue weighted by Gasteiger charge is -2.20. The molecule has 0 heterocycles. The van der Waals surface area contributed by atoms with E-state index in [-0.39, 0.29) is 0 Å². The number of benzene rings is 5. The number of hydrogen-bond donors (Lipinski definition) is 0. The van der Waals surface area contributed by atoms with E-state index >= 15 is 0 Å². The van der Waals surface area contributed by atoms with Gasteiger partial charge in [-0.2, -0.15) is 0 Å². The third-order valence-electron chi connectivity index (χ3n) is 5.62. The molecule has 0 aliphatic carbocycles. The summed E-state index contributed by atoms with van der Waals surface area (Å²) in [6.07, 6.45) is 0.906. The van der Waals surface area contributed by atoms with E-state index in [0.29, 0.717) is 0 Å². The highest BCUT2D eigenvalue weighted by Gasteiger charge is 2.17. The predicted molar refractivity (Wildman–Crippen MR) is 150 cm³/mol. The second kappa shape index (κ2) is 9.13. The lowest BCUT2D eigenvalue weighted by Crippen LogP contribution is -1.98. The smallest absolute Gasteiger partial charge is 0.0136 e. The summed E-state index contributed by atoms with van der Waals surface area (Å²) in [7, 11) is 0. The summed E-state index contributed by atoms with van der Waals surface area (Å²) in [5, 5.41) is 2.60. The van der Waals surface area contributed by atoms with E-state index in [1.165, 1.54) is 51.3 Å². The van der Waals surface area contributed by atoms with Gasteiger partial charge in [-0.25, -0.2) is 0 Å². The maximum atomic E-state index is 2.42. The van der Waals surface area contributed by atoms with Crippen LogP contribution in [0.2, 0.25) is 0 Å². The Morgan fingerprint density at radius 3 is 1.74 bits per heavy atom. The zero-order valence-corrected chi connectivity index (χ0v) is 21.2. The second-order valence-electron chi connectivity index (χ2n) is 7.69. The molecule has 0 aromatic heterocycles. The third kappa shape index (κ3) is 4.41. The van der Waals surface area contributed by atoms with Gasteiger partial charge < -0.3 is 0 Å². The van der Waals surface area contributed by atoms with E-state index < -0.39 is 0 Å². The van der Waals surface area contributed by atoms with Gasteiger partial charge in [-0.15, -0.1) is 0 Å². The van der Waals surface area contributed by atoms with Crippen molar-refractivity contribution in [3.63, 3.8) is 0 Å². The van der Waals surface area contributed by atoms with Crippen molar-refractivity contribution in [3.8, 4) is 22.3 Å². The molecule has 0 atom stereocenters. The summed E-state index contributed by atoms with van der Waals surface area (Å²) in [4.78, 5) is 0. The largest absolute Gasteiger partial charge is 0.0622 e. The minimum Gasteiger partial charge on any atom is -0.0622 e. The van der Waals surface area contributed by atoms with Crippen LogP contribution in [0.25, 0.3) is 33.0 Å². The number of fused-ring (bicyclic) bond motifs is 1. The first-order chi connectivity index (χ1) is 15.2. The molecule has 0 unspecified atom stereocenters. The van der Waals surface area contributed by atoms with Crippen molar-refractivity contribution in [2.24, 2.45) is 0 Å². The fourth-order valence-corrected chi connectivity index (χ4v) is 5.08. The van der Waals surface area contributed by atoms with Crippen LogP contribution in [0.1, 0.15) is 11.1 Å². The van der Waals surface area contributed by atoms with Crippen molar-refractivity contribution >= 4 is 56.0 Å². The first-order valence-corrected chi connectivity index (χ1v) is 12.5. The van der Waals surface area contributed by atoms with Gasteiger partial charge in [0, 0.05) is 7.14 Å². The van der Waals surface area contributed by atoms with Crippen molar-refractivity contribution in [2.45, 2.75) is 6.42 Å². The summed E-state index contributed by atoms with van der Waals surface area (Å²) in [5.74, 6) is 0. The van der Waals surface area contributed by atoms with Crippen LogP contribution in [-0.2, 0) is 6.42 Å². The Bertz CT molecular complexity index is 1340. The highest BCUT2D eigenvalue weighted by molar-refractivity contribution is 14.1. The Morgan fingerprint density at radius 1 is 0.516 bits per heavy atom. The van der Waals surface area contributed by atoms with Crippen LogP contribution in [0.3, 0.4) is 0 Å². The number of hydrogen-bond acceptors (Lipinski definition) is 0. The molecule has 5 aromatic carbocycles. The average molecular weight is 622 g/mol. The normalized spacial score (nSPS) is 11.0. The molecule has 5 rings (SSSR count). The zero-order chi connectivity index (χ0) is 21.2. The molecule has 0 fully saturated rings. The molecule has 0 N–H and O–H groups in total. The maximum absolute atomic E-state index is 2.42. The maximum Gasteiger partial charge on any atom is 0.0136 e. The van der Waals surface area contributed by atoms with Crippen molar-refractivity contribution < 1.29 is 0 Å². The molecule has 0 aliphatic rings. The first kappa shape index (κ1) is 20.7. The van der Waals surface area contributed by atoms with Crippen LogP contribution in [0, 0.1) is 7.14 Å². The van der Waals surface area contributed by atoms with Gasteiger partial charge in [-0.1, -0.05) is 84.9 Å². The summed E-state index contributed by atoms with van der Waals surface area (Å²) in [5.41, 5.74) is 7.88. The molecule has 2 heteroatoms. The van der Waals surface area contributed by atoms with Crippen LogP contribution >= 0.6 is 45.2 Å². The van der Waals surface area contributed by atoms with Gasteiger partial charge in [0.2, 0.25) is 0 Å². The fourth-order valence-electron chi connectivity index (χ4n) is 4.23. The SMILES string of the molecule is Ic1ccc(Cc2cc3ccc(I)cc3c(-c3ccccc3)c2-c2ccccc2)cc1. The third-order valence-corrected chi connectivity index (χ3v) is 7.01. The minimum atomic E-state index is 0.906. The van der Waals surface area contributed by atoms with E-state index in [9.17, 15) is 0 Å². The Balaban J connectivity index is 1.85. The Labute approximate surface area is 210 Å². The van der Waals surface area contributed by atoms with Gasteiger partial charge in [0.1, 0.15) is 0 Å². The molecular formula is C29H20I2. The van der Waals surface area contributed by atoms with Gasteiger partial charge in [-0.05, 0) is 120 Å². The molecule has 0 bridgehead atoms. The number of rotatable bonds is 4. The highest BCUT2D eigenvalue weighted by Crippen LogP contribution is 2.42. The summed E-state index contributed by atoms with van der Waals surface area (Å²) < 4.78 is 2.52. The van der Waals surface area contributed by atoms with Crippen molar-refractivity contribution in [3.05, 3.63) is 127 Å². The topological polar surface area (TPSA) is 0 Å². The Morgan fingerprint density at radius 2 is 1.10 bits per heavy atom. The lowest BCUT2D eigenvalue weighted by atomic mass is 9.84. The Hall–Kier alpha value is -2.18. The van der Waals surface area contributed by atoms with Gasteiger partial charge >= 0.3 is 0 Å². The molecule has 0 spiro atoms. The quantitative estimate of drug-likeness (QED) is 0.176. The predicted octanol–water partition coefficient (Wildman–Crippen LogP) is 8.97. The molecule has 31 heavy (non-hydrogen) atoms. The molecule has 0 aliphatic heterocycles. The van der Waals surface area contributed by atoms with Crippen LogP contribution in [0.15, 0.2) is 109 Å². The summed E-state index contributed by atoms with van der Waals surface area (Å²) in [6.45, 7) is 0. The standard InChI is InChI=1S/C29H20I2/c30-25-14-11-20(12-15-25)17-24-18-23-13-16-26(31)19-27(23)29(22-9-5-2-6-10-22)28(24)21-7-3-1-4-8-21/h1-16,18-19H,17H2. The van der Waals surface area contributed by atoms with E-state index in [1.54, 1.807) is 0 Å². The fraction of sp³-hybridized carbons (Fsp3) is 0.0345. The number of halogens is 2. The van der Waals surface area contributed by atoms with E-state index in [1.807, 2.05) is 0 Å². The molecule has 0 radical (unpaired) electrons. The summed E-state index contributed by atoms with van der Waals surface area (Å²) >= 11 is 4.79. The monoisotopic (exact) mass is 622 g/mol. The van der Waals surface area contributed by atoms with Crippen molar-refractivity contribution in [1.82, 2.24) is 0 Å². The molecule has 150 valence electrons. The van der Waals surface area contributed by atoms with Crippen molar-refractivity contribution in [1.29, 1.82) is 0 Å². The van der Waals surface area contributed by atoms with E-state index in [0.717, 1.165) is 6.42 Å². The molecular weight excluding hydrogens is 602 g/mol. The minimum absolute atomic E-state index is 0.906. The molecule has 0 saturated carbocycles. The molecule has 0 nitrogen and oxygen atoms in total. The van der Waals surface area contributed by atoms with Crippen molar-refractivity contribution in [2.75, 3.05) is 0 Å². The second-order valence-corrected chi connectivity index (χ2v) is 10.2. The van der Waals surface area contributed by atoms with Gasteiger partial charge in [0.05, 0.1) is 0 Å². The van der Waals surface area contributed by atoms with Crippen LogP contribution in [-0.4, -0.2) is 0 Å². The van der Waals surface area contributed by atoms with E-state index in [4.69, 9.17) is 0 Å². The molecule has 5 aromatic rings. The lowest BCUT2D eigenvalue weighted by molar-refractivity contribution is 1.20. The van der Waals surface area contributed by atoms with Gasteiger partial charge in [0.25, 0.3) is 0 Å². The van der Waals surface area contributed by atoms with Crippen LogP contribution < -0.4 is 0 Å². The molecule has 0 saturated heterocycles.